The molecule has 4 heteroatoms. The number of rotatable bonds is 1. The molecule has 11 heavy (non-hydrogen) atoms. The van der Waals surface area contributed by atoms with Gasteiger partial charge in [-0.2, -0.15) is 4.99 Å². The monoisotopic (exact) mass is 156 g/mol. The predicted molar refractivity (Wildman–Crippen MR) is 42.2 cm³/mol. The van der Waals surface area contributed by atoms with Gasteiger partial charge in [-0.25, -0.2) is 0 Å². The van der Waals surface area contributed by atoms with Crippen molar-refractivity contribution in [1.82, 2.24) is 4.90 Å². The fraction of sp³-hybridized carbons (Fsp3) is 0.571. The zero-order valence-electron chi connectivity index (χ0n) is 7.00. The summed E-state index contributed by atoms with van der Waals surface area (Å²) >= 11 is 0. The van der Waals surface area contributed by atoms with E-state index >= 15 is 0 Å². The van der Waals surface area contributed by atoms with Crippen LogP contribution >= 0.6 is 0 Å². The molecule has 0 spiro atoms. The Morgan fingerprint density at radius 1 is 1.45 bits per heavy atom. The maximum absolute atomic E-state index is 4.99. The van der Waals surface area contributed by atoms with Crippen LogP contribution in [0.25, 0.3) is 0 Å². The molecule has 0 aromatic rings. The van der Waals surface area contributed by atoms with Crippen LogP contribution in [0.3, 0.4) is 0 Å². The van der Waals surface area contributed by atoms with Gasteiger partial charge in [0.15, 0.2) is 0 Å². The number of hydrogen-bond acceptors (Lipinski definition) is 4. The first-order chi connectivity index (χ1) is 5.27. The number of nitrogens with zero attached hydrogens (tertiary/aromatic N) is 2. The van der Waals surface area contributed by atoms with Crippen molar-refractivity contribution in [2.24, 2.45) is 4.99 Å². The molecule has 0 saturated carbocycles. The van der Waals surface area contributed by atoms with Crippen LogP contribution in [0.2, 0.25) is 0 Å². The van der Waals surface area contributed by atoms with Gasteiger partial charge in [-0.1, -0.05) is 0 Å². The minimum absolute atomic E-state index is 0.587. The van der Waals surface area contributed by atoms with Gasteiger partial charge in [-0.05, 0) is 6.08 Å². The van der Waals surface area contributed by atoms with Crippen molar-refractivity contribution in [2.75, 3.05) is 27.8 Å². The highest BCUT2D eigenvalue weighted by atomic mass is 16.5. The van der Waals surface area contributed by atoms with Crippen LogP contribution < -0.4 is 0 Å². The summed E-state index contributed by atoms with van der Waals surface area (Å²) in [5.41, 5.74) is 0. The van der Waals surface area contributed by atoms with Crippen LogP contribution in [0.4, 0.5) is 0 Å². The summed E-state index contributed by atoms with van der Waals surface area (Å²) in [6, 6.07) is 0.587. The lowest BCUT2D eigenvalue weighted by Crippen LogP contribution is -2.31. The van der Waals surface area contributed by atoms with Gasteiger partial charge in [0.2, 0.25) is 5.88 Å². The summed E-state index contributed by atoms with van der Waals surface area (Å²) in [4.78, 5) is 5.95. The molecule has 0 fully saturated rings. The second-order valence-corrected chi connectivity index (χ2v) is 2.23. The van der Waals surface area contributed by atoms with Crippen molar-refractivity contribution in [2.45, 2.75) is 0 Å². The molecule has 0 amide bonds. The molecule has 0 aliphatic carbocycles. The number of ether oxygens (including phenoxy) is 2. The lowest BCUT2D eigenvalue weighted by Gasteiger charge is -2.21. The molecule has 0 atom stereocenters. The van der Waals surface area contributed by atoms with Crippen molar-refractivity contribution in [3.63, 3.8) is 0 Å². The first kappa shape index (κ1) is 7.91. The van der Waals surface area contributed by atoms with Crippen LogP contribution in [0, 0.1) is 0 Å². The molecule has 0 radical (unpaired) electrons. The third kappa shape index (κ3) is 1.63. The van der Waals surface area contributed by atoms with Gasteiger partial charge in [-0.15, -0.1) is 0 Å². The summed E-state index contributed by atoms with van der Waals surface area (Å²) in [5.74, 6) is 0.611. The average molecular weight is 156 g/mol. The van der Waals surface area contributed by atoms with E-state index in [0.29, 0.717) is 11.9 Å². The Morgan fingerprint density at radius 3 is 2.73 bits per heavy atom. The lowest BCUT2D eigenvalue weighted by molar-refractivity contribution is 0.258. The molecule has 1 rings (SSSR count). The van der Waals surface area contributed by atoms with Crippen LogP contribution in [0.1, 0.15) is 0 Å². The second-order valence-electron chi connectivity index (χ2n) is 2.23. The molecular formula is C7H12N2O2. The Bertz CT molecular complexity index is 199. The molecule has 1 aliphatic rings. The summed E-state index contributed by atoms with van der Waals surface area (Å²) in [6.07, 6.45) is 1.89. The van der Waals surface area contributed by atoms with E-state index in [-0.39, 0.29) is 0 Å². The van der Waals surface area contributed by atoms with Gasteiger partial charge in [-0.3, -0.25) is 0 Å². The molecule has 0 aromatic heterocycles. The molecular weight excluding hydrogens is 144 g/mol. The quantitative estimate of drug-likeness (QED) is 0.552. The molecule has 4 nitrogen and oxygen atoms in total. The molecule has 0 N–H and O–H groups in total. The number of likely N-dealkylation sites (N-methyl/N-ethyl adjacent to an activating group) is 1. The standard InChI is InChI=1S/C7H12N2O2/c1-9-5-4-6(10-2)8-7(9)11-3/h4H,5H2,1-3H3. The van der Waals surface area contributed by atoms with Gasteiger partial charge in [0, 0.05) is 13.6 Å². The van der Waals surface area contributed by atoms with E-state index < -0.39 is 0 Å². The van der Waals surface area contributed by atoms with Crippen LogP contribution in [0.5, 0.6) is 0 Å². The van der Waals surface area contributed by atoms with Gasteiger partial charge in [0.05, 0.1) is 14.2 Å². The molecule has 0 unspecified atom stereocenters. The Kier molecular flexibility index (Phi) is 2.36. The molecule has 62 valence electrons. The third-order valence-electron chi connectivity index (χ3n) is 1.46. The van der Waals surface area contributed by atoms with E-state index in [1.807, 2.05) is 18.0 Å². The highest BCUT2D eigenvalue weighted by Gasteiger charge is 2.11. The smallest absolute Gasteiger partial charge is 0.295 e. The maximum atomic E-state index is 4.99. The van der Waals surface area contributed by atoms with Crippen molar-refractivity contribution in [3.8, 4) is 0 Å². The van der Waals surface area contributed by atoms with E-state index in [4.69, 9.17) is 9.47 Å². The summed E-state index contributed by atoms with van der Waals surface area (Å²) in [6.45, 7) is 0.774. The maximum Gasteiger partial charge on any atom is 0.295 e. The molecule has 1 heterocycles. The molecule has 0 saturated heterocycles. The zero-order valence-corrected chi connectivity index (χ0v) is 7.00. The van der Waals surface area contributed by atoms with Crippen LogP contribution in [-0.4, -0.2) is 38.7 Å². The highest BCUT2D eigenvalue weighted by Crippen LogP contribution is 2.06. The number of methoxy groups -OCH3 is 2. The van der Waals surface area contributed by atoms with Crippen molar-refractivity contribution in [3.05, 3.63) is 12.0 Å². The van der Waals surface area contributed by atoms with E-state index in [2.05, 4.69) is 4.99 Å². The summed E-state index contributed by atoms with van der Waals surface area (Å²) in [7, 11) is 5.09. The van der Waals surface area contributed by atoms with Crippen molar-refractivity contribution < 1.29 is 9.47 Å². The normalized spacial score (nSPS) is 17.2. The van der Waals surface area contributed by atoms with E-state index in [1.54, 1.807) is 14.2 Å². The summed E-state index contributed by atoms with van der Waals surface area (Å²) in [5, 5.41) is 0. The number of amidine groups is 1. The Labute approximate surface area is 66.1 Å². The SMILES string of the molecule is COC1=CCN(C)C(OC)=N1. The van der Waals surface area contributed by atoms with Crippen LogP contribution in [-0.2, 0) is 9.47 Å². The van der Waals surface area contributed by atoms with E-state index in [9.17, 15) is 0 Å². The van der Waals surface area contributed by atoms with Crippen LogP contribution in [0.15, 0.2) is 17.0 Å². The van der Waals surface area contributed by atoms with E-state index in [1.165, 1.54) is 0 Å². The van der Waals surface area contributed by atoms with Gasteiger partial charge in [0.1, 0.15) is 0 Å². The minimum atomic E-state index is 0.587. The lowest BCUT2D eigenvalue weighted by atomic mass is 10.5. The Hall–Kier alpha value is -1.19. The average Bonchev–Trinajstić information content (AvgIpc) is 2.05. The third-order valence-corrected chi connectivity index (χ3v) is 1.46. The number of aliphatic imine (C=N–C) groups is 1. The molecule has 0 aromatic carbocycles. The largest absolute Gasteiger partial charge is 0.481 e. The first-order valence-corrected chi connectivity index (χ1v) is 3.36. The summed E-state index contributed by atoms with van der Waals surface area (Å²) < 4.78 is 9.93. The molecule has 0 bridgehead atoms. The minimum Gasteiger partial charge on any atom is -0.481 e. The van der Waals surface area contributed by atoms with Crippen molar-refractivity contribution in [1.29, 1.82) is 0 Å². The second kappa shape index (κ2) is 3.27. The topological polar surface area (TPSA) is 34.1 Å². The Balaban J connectivity index is 2.71. The van der Waals surface area contributed by atoms with Gasteiger partial charge >= 0.3 is 0 Å². The van der Waals surface area contributed by atoms with E-state index in [0.717, 1.165) is 6.54 Å². The van der Waals surface area contributed by atoms with Crippen molar-refractivity contribution >= 4 is 6.02 Å². The van der Waals surface area contributed by atoms with Gasteiger partial charge in [0.25, 0.3) is 6.02 Å². The first-order valence-electron chi connectivity index (χ1n) is 3.36. The highest BCUT2D eigenvalue weighted by molar-refractivity contribution is 5.75. The predicted octanol–water partition coefficient (Wildman–Crippen LogP) is 0.422. The Morgan fingerprint density at radius 2 is 2.18 bits per heavy atom. The fourth-order valence-electron chi connectivity index (χ4n) is 0.849. The van der Waals surface area contributed by atoms with Gasteiger partial charge < -0.3 is 14.4 Å². The number of hydrogen-bond donors (Lipinski definition) is 0. The molecule has 1 aliphatic heterocycles. The zero-order chi connectivity index (χ0) is 8.27. The fourth-order valence-corrected chi connectivity index (χ4v) is 0.849.